The molecule has 0 radical (unpaired) electrons. The molecule has 50 heavy (non-hydrogen) atoms. The van der Waals surface area contributed by atoms with Gasteiger partial charge in [-0.15, -0.1) is 0 Å². The van der Waals surface area contributed by atoms with E-state index in [1.54, 1.807) is 0 Å². The Morgan fingerprint density at radius 1 is 0.480 bits per heavy atom. The molecule has 0 bridgehead atoms. The highest BCUT2D eigenvalue weighted by Gasteiger charge is 2.26. The van der Waals surface area contributed by atoms with Crippen LogP contribution in [-0.4, -0.2) is 46.1 Å². The molecule has 0 aliphatic rings. The summed E-state index contributed by atoms with van der Waals surface area (Å²) in [6.07, 6.45) is 48.6. The lowest BCUT2D eigenvalue weighted by Gasteiger charge is -2.26. The molecule has 0 aromatic heterocycles. The number of aliphatic hydroxyl groups is 3. The summed E-state index contributed by atoms with van der Waals surface area (Å²) >= 11 is 0. The fourth-order valence-electron chi connectivity index (χ4n) is 6.83. The molecule has 0 rings (SSSR count). The van der Waals surface area contributed by atoms with E-state index in [0.29, 0.717) is 12.8 Å². The van der Waals surface area contributed by atoms with Crippen LogP contribution >= 0.6 is 0 Å². The summed E-state index contributed by atoms with van der Waals surface area (Å²) in [5.74, 6) is -0.156. The minimum Gasteiger partial charge on any atom is -0.394 e. The highest BCUT2D eigenvalue weighted by atomic mass is 16.3. The van der Waals surface area contributed by atoms with Crippen molar-refractivity contribution in [1.29, 1.82) is 0 Å². The van der Waals surface area contributed by atoms with Crippen LogP contribution in [0.1, 0.15) is 232 Å². The topological polar surface area (TPSA) is 89.8 Å². The number of aliphatic hydroxyl groups excluding tert-OH is 3. The third kappa shape index (κ3) is 35.2. The van der Waals surface area contributed by atoms with Gasteiger partial charge in [0.2, 0.25) is 5.91 Å². The molecule has 0 spiro atoms. The number of amides is 1. The Bertz CT molecular complexity index is 739. The second-order valence-electron chi connectivity index (χ2n) is 15.2. The molecule has 0 aliphatic carbocycles. The standard InChI is InChI=1S/C45H87NO4/c1-3-5-7-9-11-13-15-17-19-21-22-24-25-27-29-31-33-35-37-39-43(48)45(50)42(41-47)46-44(49)40-38-36-34-32-30-28-26-23-20-18-16-14-12-10-8-6-4-2/h24-25,31,33,42-43,45,47-48,50H,3-23,26-30,32,34-41H2,1-2H3,(H,46,49)/b25-24+,33-31+. The van der Waals surface area contributed by atoms with Crippen LogP contribution in [0.5, 0.6) is 0 Å². The van der Waals surface area contributed by atoms with Gasteiger partial charge in [0.05, 0.1) is 18.8 Å². The molecule has 296 valence electrons. The number of carbonyl (C=O) groups is 1. The van der Waals surface area contributed by atoms with Crippen molar-refractivity contribution in [2.45, 2.75) is 250 Å². The maximum atomic E-state index is 12.4. The van der Waals surface area contributed by atoms with Crippen molar-refractivity contribution in [2.24, 2.45) is 0 Å². The zero-order valence-corrected chi connectivity index (χ0v) is 33.5. The van der Waals surface area contributed by atoms with Gasteiger partial charge < -0.3 is 20.6 Å². The van der Waals surface area contributed by atoms with E-state index in [1.165, 1.54) is 161 Å². The molecule has 3 unspecified atom stereocenters. The van der Waals surface area contributed by atoms with Crippen LogP contribution in [0.4, 0.5) is 0 Å². The second kappa shape index (κ2) is 40.6. The number of hydrogen-bond acceptors (Lipinski definition) is 4. The molecule has 5 nitrogen and oxygen atoms in total. The molecule has 3 atom stereocenters. The number of allylic oxidation sites excluding steroid dienone is 4. The number of nitrogens with one attached hydrogen (secondary N) is 1. The van der Waals surface area contributed by atoms with E-state index in [0.717, 1.165) is 44.9 Å². The zero-order valence-electron chi connectivity index (χ0n) is 33.5. The summed E-state index contributed by atoms with van der Waals surface area (Å²) in [5.41, 5.74) is 0. The predicted octanol–water partition coefficient (Wildman–Crippen LogP) is 12.6. The van der Waals surface area contributed by atoms with Crippen LogP contribution in [0.25, 0.3) is 0 Å². The summed E-state index contributed by atoms with van der Waals surface area (Å²) in [6.45, 7) is 4.17. The zero-order chi connectivity index (χ0) is 36.6. The first-order valence-corrected chi connectivity index (χ1v) is 22.1. The molecule has 0 saturated heterocycles. The van der Waals surface area contributed by atoms with Gasteiger partial charge in [-0.2, -0.15) is 0 Å². The van der Waals surface area contributed by atoms with E-state index in [1.807, 2.05) is 0 Å². The Labute approximate surface area is 312 Å². The van der Waals surface area contributed by atoms with Crippen molar-refractivity contribution >= 4 is 5.91 Å². The van der Waals surface area contributed by atoms with E-state index >= 15 is 0 Å². The van der Waals surface area contributed by atoms with Crippen LogP contribution < -0.4 is 5.32 Å². The lowest BCUT2D eigenvalue weighted by atomic mass is 10.0. The van der Waals surface area contributed by atoms with Gasteiger partial charge >= 0.3 is 0 Å². The SMILES string of the molecule is CCCCCCCCCCCC/C=C/CC/C=C/CCCC(O)C(O)C(CO)NC(=O)CCCCCCCCCCCCCCCCCCC. The van der Waals surface area contributed by atoms with Crippen molar-refractivity contribution in [3.63, 3.8) is 0 Å². The lowest BCUT2D eigenvalue weighted by Crippen LogP contribution is -2.50. The van der Waals surface area contributed by atoms with Gasteiger partial charge in [-0.1, -0.05) is 199 Å². The molecule has 0 aliphatic heterocycles. The Hall–Kier alpha value is -1.17. The molecule has 4 N–H and O–H groups in total. The minimum atomic E-state index is -1.16. The number of rotatable bonds is 40. The molecule has 0 saturated carbocycles. The van der Waals surface area contributed by atoms with Gasteiger partial charge in [0.1, 0.15) is 6.10 Å². The van der Waals surface area contributed by atoms with Gasteiger partial charge in [0.25, 0.3) is 0 Å². The first kappa shape index (κ1) is 48.8. The molecular weight excluding hydrogens is 618 g/mol. The highest BCUT2D eigenvalue weighted by Crippen LogP contribution is 2.16. The van der Waals surface area contributed by atoms with Gasteiger partial charge in [-0.05, 0) is 51.4 Å². The Morgan fingerprint density at radius 3 is 1.22 bits per heavy atom. The normalized spacial score (nSPS) is 13.8. The summed E-state index contributed by atoms with van der Waals surface area (Å²) in [7, 11) is 0. The molecule has 0 aromatic rings. The van der Waals surface area contributed by atoms with Crippen LogP contribution in [0.2, 0.25) is 0 Å². The summed E-state index contributed by atoms with van der Waals surface area (Å²) in [6, 6.07) is -0.828. The summed E-state index contributed by atoms with van der Waals surface area (Å²) in [4.78, 5) is 12.4. The third-order valence-electron chi connectivity index (χ3n) is 10.3. The van der Waals surface area contributed by atoms with Crippen LogP contribution in [-0.2, 0) is 4.79 Å². The smallest absolute Gasteiger partial charge is 0.220 e. The molecule has 1 amide bonds. The maximum absolute atomic E-state index is 12.4. The molecule has 0 heterocycles. The van der Waals surface area contributed by atoms with E-state index < -0.39 is 18.2 Å². The quantitative estimate of drug-likeness (QED) is 0.0377. The van der Waals surface area contributed by atoms with E-state index in [9.17, 15) is 20.1 Å². The highest BCUT2D eigenvalue weighted by molar-refractivity contribution is 5.76. The lowest BCUT2D eigenvalue weighted by molar-refractivity contribution is -0.124. The van der Waals surface area contributed by atoms with Gasteiger partial charge in [-0.25, -0.2) is 0 Å². The third-order valence-corrected chi connectivity index (χ3v) is 10.3. The Kier molecular flexibility index (Phi) is 39.6. The summed E-state index contributed by atoms with van der Waals surface area (Å²) < 4.78 is 0. The minimum absolute atomic E-state index is 0.156. The van der Waals surface area contributed by atoms with E-state index in [2.05, 4.69) is 43.5 Å². The first-order chi connectivity index (χ1) is 24.6. The van der Waals surface area contributed by atoms with Crippen LogP contribution in [0.15, 0.2) is 24.3 Å². The van der Waals surface area contributed by atoms with Crippen molar-refractivity contribution in [1.82, 2.24) is 5.32 Å². The average Bonchev–Trinajstić information content (AvgIpc) is 3.12. The fourth-order valence-corrected chi connectivity index (χ4v) is 6.83. The number of hydrogen-bond donors (Lipinski definition) is 4. The maximum Gasteiger partial charge on any atom is 0.220 e. The second-order valence-corrected chi connectivity index (χ2v) is 15.2. The van der Waals surface area contributed by atoms with Crippen molar-refractivity contribution in [3.8, 4) is 0 Å². The van der Waals surface area contributed by atoms with Crippen LogP contribution in [0.3, 0.4) is 0 Å². The van der Waals surface area contributed by atoms with E-state index in [-0.39, 0.29) is 12.5 Å². The van der Waals surface area contributed by atoms with Gasteiger partial charge in [0, 0.05) is 6.42 Å². The molecule has 5 heteroatoms. The fraction of sp³-hybridized carbons (Fsp3) is 0.889. The monoisotopic (exact) mass is 706 g/mol. The first-order valence-electron chi connectivity index (χ1n) is 22.1. The van der Waals surface area contributed by atoms with E-state index in [4.69, 9.17) is 0 Å². The molecule has 0 aromatic carbocycles. The van der Waals surface area contributed by atoms with Crippen molar-refractivity contribution < 1.29 is 20.1 Å². The molecular formula is C45H87NO4. The van der Waals surface area contributed by atoms with Gasteiger partial charge in [-0.3, -0.25) is 4.79 Å². The van der Waals surface area contributed by atoms with Crippen LogP contribution in [0, 0.1) is 0 Å². The van der Waals surface area contributed by atoms with Crippen molar-refractivity contribution in [3.05, 3.63) is 24.3 Å². The Morgan fingerprint density at radius 2 is 0.820 bits per heavy atom. The number of unbranched alkanes of at least 4 members (excludes halogenated alkanes) is 28. The Balaban J connectivity index is 3.68. The summed E-state index contributed by atoms with van der Waals surface area (Å²) in [5, 5.41) is 33.5. The number of carbonyl (C=O) groups excluding carboxylic acids is 1. The van der Waals surface area contributed by atoms with Gasteiger partial charge in [0.15, 0.2) is 0 Å². The average molecular weight is 706 g/mol. The van der Waals surface area contributed by atoms with Crippen molar-refractivity contribution in [2.75, 3.05) is 6.61 Å². The molecule has 0 fully saturated rings. The predicted molar refractivity (Wildman–Crippen MR) is 218 cm³/mol. The largest absolute Gasteiger partial charge is 0.394 e.